The van der Waals surface area contributed by atoms with Gasteiger partial charge in [-0.25, -0.2) is 0 Å². The summed E-state index contributed by atoms with van der Waals surface area (Å²) in [6.07, 6.45) is 0.769. The van der Waals surface area contributed by atoms with Gasteiger partial charge in [0.1, 0.15) is 0 Å². The van der Waals surface area contributed by atoms with Crippen LogP contribution < -0.4 is 15.9 Å². The molecule has 29 heavy (non-hydrogen) atoms. The summed E-state index contributed by atoms with van der Waals surface area (Å²) in [6, 6.07) is 37.5. The molecule has 146 valence electrons. The average Bonchev–Trinajstić information content (AvgIpc) is 2.78. The van der Waals surface area contributed by atoms with Gasteiger partial charge in [0.25, 0.3) is 0 Å². The topological polar surface area (TPSA) is 0 Å². The molecule has 0 aliphatic heterocycles. The molecule has 0 saturated heterocycles. The molecule has 0 amide bonds. The van der Waals surface area contributed by atoms with E-state index in [1.165, 1.54) is 15.9 Å². The van der Waals surface area contributed by atoms with Gasteiger partial charge in [-0.2, -0.15) is 0 Å². The van der Waals surface area contributed by atoms with Gasteiger partial charge in [-0.15, -0.1) is 0 Å². The molecular formula is C26H23BrFP. The van der Waals surface area contributed by atoms with Crippen LogP contribution >= 0.6 is 20.8 Å². The van der Waals surface area contributed by atoms with Gasteiger partial charge in [-0.3, -0.25) is 0 Å². The van der Waals surface area contributed by atoms with Crippen LogP contribution in [0.1, 0.15) is 11.1 Å². The Morgan fingerprint density at radius 1 is 0.655 bits per heavy atom. The number of hydrogen-bond acceptors (Lipinski definition) is 0. The van der Waals surface area contributed by atoms with E-state index in [9.17, 15) is 4.39 Å². The summed E-state index contributed by atoms with van der Waals surface area (Å²) in [7, 11) is 0. The van der Waals surface area contributed by atoms with Gasteiger partial charge in [-0.05, 0) is 0 Å². The Morgan fingerprint density at radius 3 is 1.45 bits per heavy atom. The van der Waals surface area contributed by atoms with Crippen molar-refractivity contribution in [1.82, 2.24) is 0 Å². The molecule has 0 saturated carbocycles. The zero-order valence-electron chi connectivity index (χ0n) is 16.3. The van der Waals surface area contributed by atoms with Crippen LogP contribution in [0.15, 0.2) is 109 Å². The molecule has 4 aromatic rings. The Hall–Kier alpha value is -2.28. The van der Waals surface area contributed by atoms with Crippen molar-refractivity contribution < 1.29 is 4.39 Å². The molecule has 0 spiro atoms. The first-order valence-corrected chi connectivity index (χ1v) is 14.1. The van der Waals surface area contributed by atoms with Crippen LogP contribution in [0.4, 0.5) is 4.39 Å². The number of hydrogen-bond donors (Lipinski definition) is 0. The van der Waals surface area contributed by atoms with Gasteiger partial charge in [0.2, 0.25) is 0 Å². The van der Waals surface area contributed by atoms with Gasteiger partial charge in [0, 0.05) is 0 Å². The van der Waals surface area contributed by atoms with Gasteiger partial charge in [-0.1, -0.05) is 0 Å². The number of rotatable bonds is 5. The quantitative estimate of drug-likeness (QED) is 0.296. The first kappa shape index (κ1) is 20.0. The Labute approximate surface area is 180 Å². The first-order valence-electron chi connectivity index (χ1n) is 9.67. The molecule has 0 aliphatic carbocycles. The van der Waals surface area contributed by atoms with E-state index in [1.807, 2.05) is 19.1 Å². The Bertz CT molecular complexity index is 1010. The molecule has 0 atom stereocenters. The van der Waals surface area contributed by atoms with Gasteiger partial charge >= 0.3 is 180 Å². The van der Waals surface area contributed by atoms with E-state index >= 15 is 0 Å². The fourth-order valence-corrected chi connectivity index (χ4v) is 11.8. The third-order valence-corrected chi connectivity index (χ3v) is 15.1. The molecule has 4 rings (SSSR count). The minimum atomic E-state index is -3.03. The van der Waals surface area contributed by atoms with Gasteiger partial charge in [0.15, 0.2) is 0 Å². The van der Waals surface area contributed by atoms with Crippen molar-refractivity contribution in [1.29, 1.82) is 0 Å². The monoisotopic (exact) mass is 464 g/mol. The van der Waals surface area contributed by atoms with Crippen LogP contribution in [0.2, 0.25) is 0 Å². The fourth-order valence-electron chi connectivity index (χ4n) is 4.09. The molecule has 4 aromatic carbocycles. The normalized spacial score (nSPS) is 12.9. The van der Waals surface area contributed by atoms with Crippen molar-refractivity contribution >= 4 is 36.7 Å². The third-order valence-electron chi connectivity index (χ3n) is 5.59. The van der Waals surface area contributed by atoms with Crippen LogP contribution in [-0.2, 0) is 6.16 Å². The summed E-state index contributed by atoms with van der Waals surface area (Å²) in [5, 5.41) is 0.754. The molecule has 0 bridgehead atoms. The van der Waals surface area contributed by atoms with Gasteiger partial charge < -0.3 is 0 Å². The maximum absolute atomic E-state index is 14.0. The second-order valence-electron chi connectivity index (χ2n) is 7.43. The van der Waals surface area contributed by atoms with Crippen LogP contribution in [0, 0.1) is 12.7 Å². The van der Waals surface area contributed by atoms with Crippen LogP contribution in [0.25, 0.3) is 0 Å². The summed E-state index contributed by atoms with van der Waals surface area (Å²) in [5.74, 6) is -0.164. The number of halogens is 2. The fraction of sp³-hybridized carbons (Fsp3) is 0.0769. The van der Waals surface area contributed by atoms with Crippen molar-refractivity contribution in [3.8, 4) is 0 Å². The van der Waals surface area contributed by atoms with Crippen LogP contribution in [0.5, 0.6) is 0 Å². The summed E-state index contributed by atoms with van der Waals surface area (Å²) in [6.45, 7) is 1.83. The van der Waals surface area contributed by atoms with Gasteiger partial charge in [0.05, 0.1) is 0 Å². The number of aryl methyl sites for hydroxylation is 1. The second kappa shape index (κ2) is 7.86. The second-order valence-corrected chi connectivity index (χ2v) is 16.4. The van der Waals surface area contributed by atoms with Crippen LogP contribution in [0.3, 0.4) is 0 Å². The van der Waals surface area contributed by atoms with Crippen molar-refractivity contribution in [2.75, 3.05) is 0 Å². The molecule has 0 heterocycles. The summed E-state index contributed by atoms with van der Waals surface area (Å²) in [5.41, 5.74) is 1.80. The zero-order valence-corrected chi connectivity index (χ0v) is 18.8. The average molecular weight is 465 g/mol. The zero-order chi connectivity index (χ0) is 20.3. The molecule has 3 heteroatoms. The molecule has 0 aromatic heterocycles. The van der Waals surface area contributed by atoms with E-state index in [0.29, 0.717) is 5.56 Å². The van der Waals surface area contributed by atoms with E-state index in [2.05, 4.69) is 106 Å². The van der Waals surface area contributed by atoms with Crippen molar-refractivity contribution in [2.24, 2.45) is 0 Å². The molecule has 0 nitrogen and oxygen atoms in total. The van der Waals surface area contributed by atoms with E-state index < -0.39 is 5.31 Å². The molecule has 0 N–H and O–H groups in total. The Morgan fingerprint density at radius 2 is 1.07 bits per heavy atom. The number of benzene rings is 4. The predicted molar refractivity (Wildman–Crippen MR) is 129 cm³/mol. The molecule has 0 fully saturated rings. The van der Waals surface area contributed by atoms with Crippen molar-refractivity contribution in [2.45, 2.75) is 13.1 Å². The van der Waals surface area contributed by atoms with Crippen LogP contribution in [-0.4, -0.2) is 0 Å². The summed E-state index contributed by atoms with van der Waals surface area (Å²) in [4.78, 5) is 0. The summed E-state index contributed by atoms with van der Waals surface area (Å²) >= 11 is 4.43. The standard InChI is InChI=1S/C26H23BrFP/c1-21-19-22(17-18-26(21)28)20-29(27,23-11-5-2-6-12-23,24-13-7-3-8-14-24)25-15-9-4-10-16-25/h2-19H,20H2,1H3. The Balaban J connectivity index is 2.08. The van der Waals surface area contributed by atoms with E-state index in [0.717, 1.165) is 11.7 Å². The Kier molecular flexibility index (Phi) is 5.42. The van der Waals surface area contributed by atoms with Crippen molar-refractivity contribution in [3.05, 3.63) is 126 Å². The molecule has 0 unspecified atom stereocenters. The first-order chi connectivity index (χ1) is 14.0. The maximum atomic E-state index is 14.0. The van der Waals surface area contributed by atoms with Crippen molar-refractivity contribution in [3.63, 3.8) is 0 Å². The predicted octanol–water partition coefficient (Wildman–Crippen LogP) is 6.47. The minimum absolute atomic E-state index is 0.164. The van der Waals surface area contributed by atoms with E-state index in [4.69, 9.17) is 0 Å². The van der Waals surface area contributed by atoms with E-state index in [1.54, 1.807) is 6.07 Å². The molecule has 0 aliphatic rings. The summed E-state index contributed by atoms with van der Waals surface area (Å²) < 4.78 is 14.0. The molecular weight excluding hydrogens is 442 g/mol. The molecule has 0 radical (unpaired) electrons. The SMILES string of the molecule is Cc1cc(CP(Br)(c2ccccc2)(c2ccccc2)c2ccccc2)ccc1F. The third kappa shape index (κ3) is 3.45. The van der Waals surface area contributed by atoms with E-state index in [-0.39, 0.29) is 5.82 Å².